The van der Waals surface area contributed by atoms with E-state index in [1.54, 1.807) is 11.3 Å². The highest BCUT2D eigenvalue weighted by Crippen LogP contribution is 2.23. The van der Waals surface area contributed by atoms with Crippen LogP contribution in [0.5, 0.6) is 0 Å². The van der Waals surface area contributed by atoms with Crippen molar-refractivity contribution in [1.29, 1.82) is 0 Å². The van der Waals surface area contributed by atoms with Crippen LogP contribution in [0.1, 0.15) is 49.9 Å². The van der Waals surface area contributed by atoms with Crippen molar-refractivity contribution in [2.24, 2.45) is 5.92 Å². The molecular weight excluding hydrogens is 266 g/mol. The standard InChI is InChI=1S/C16H23N3S/c1-5-13-6-8-14(9-7-13)12(4)17-16-19-18-15(20-16)10-11(2)3/h6-9,11-12H,5,10H2,1-4H3,(H,17,19). The Bertz CT molecular complexity index is 531. The number of aromatic nitrogens is 2. The fourth-order valence-corrected chi connectivity index (χ4v) is 3.09. The maximum Gasteiger partial charge on any atom is 0.206 e. The molecule has 0 aliphatic heterocycles. The number of hydrogen-bond acceptors (Lipinski definition) is 4. The van der Waals surface area contributed by atoms with Crippen LogP contribution in [0, 0.1) is 5.92 Å². The first-order valence-electron chi connectivity index (χ1n) is 7.26. The van der Waals surface area contributed by atoms with Gasteiger partial charge in [-0.25, -0.2) is 0 Å². The number of rotatable bonds is 6. The SMILES string of the molecule is CCc1ccc(C(C)Nc2nnc(CC(C)C)s2)cc1. The molecule has 1 aromatic carbocycles. The third kappa shape index (κ3) is 4.04. The summed E-state index contributed by atoms with van der Waals surface area (Å²) in [5, 5.41) is 13.9. The normalized spacial score (nSPS) is 12.7. The van der Waals surface area contributed by atoms with E-state index in [1.165, 1.54) is 11.1 Å². The molecule has 2 aromatic rings. The van der Waals surface area contributed by atoms with Crippen molar-refractivity contribution in [3.05, 3.63) is 40.4 Å². The van der Waals surface area contributed by atoms with Crippen LogP contribution in [0.4, 0.5) is 5.13 Å². The Labute approximate surface area is 125 Å². The lowest BCUT2D eigenvalue weighted by Gasteiger charge is -2.13. The van der Waals surface area contributed by atoms with Gasteiger partial charge in [-0.3, -0.25) is 0 Å². The number of aryl methyl sites for hydroxylation is 1. The van der Waals surface area contributed by atoms with Gasteiger partial charge in [-0.1, -0.05) is 56.4 Å². The lowest BCUT2D eigenvalue weighted by molar-refractivity contribution is 0.640. The van der Waals surface area contributed by atoms with E-state index in [0.717, 1.165) is 23.0 Å². The Hall–Kier alpha value is -1.42. The zero-order chi connectivity index (χ0) is 14.5. The van der Waals surface area contributed by atoms with Crippen LogP contribution in [0.3, 0.4) is 0 Å². The van der Waals surface area contributed by atoms with Crippen molar-refractivity contribution in [2.75, 3.05) is 5.32 Å². The number of nitrogens with zero attached hydrogens (tertiary/aromatic N) is 2. The number of anilines is 1. The molecule has 108 valence electrons. The molecule has 1 atom stereocenters. The average molecular weight is 289 g/mol. The highest BCUT2D eigenvalue weighted by Gasteiger charge is 2.10. The van der Waals surface area contributed by atoms with Gasteiger partial charge in [-0.15, -0.1) is 10.2 Å². The van der Waals surface area contributed by atoms with Gasteiger partial charge in [0, 0.05) is 6.42 Å². The molecule has 1 N–H and O–H groups in total. The zero-order valence-electron chi connectivity index (χ0n) is 12.7. The molecule has 4 heteroatoms. The van der Waals surface area contributed by atoms with E-state index in [-0.39, 0.29) is 6.04 Å². The Balaban J connectivity index is 1.99. The Morgan fingerprint density at radius 1 is 1.10 bits per heavy atom. The van der Waals surface area contributed by atoms with Gasteiger partial charge >= 0.3 is 0 Å². The third-order valence-corrected chi connectivity index (χ3v) is 4.15. The zero-order valence-corrected chi connectivity index (χ0v) is 13.5. The van der Waals surface area contributed by atoms with Gasteiger partial charge < -0.3 is 5.32 Å². The van der Waals surface area contributed by atoms with E-state index >= 15 is 0 Å². The van der Waals surface area contributed by atoms with Crippen molar-refractivity contribution in [1.82, 2.24) is 10.2 Å². The fraction of sp³-hybridized carbons (Fsp3) is 0.500. The van der Waals surface area contributed by atoms with E-state index in [4.69, 9.17) is 0 Å². The summed E-state index contributed by atoms with van der Waals surface area (Å²) in [6.45, 7) is 8.73. The minimum absolute atomic E-state index is 0.251. The predicted octanol–water partition coefficient (Wildman–Crippen LogP) is 4.47. The Morgan fingerprint density at radius 2 is 1.80 bits per heavy atom. The lowest BCUT2D eigenvalue weighted by Crippen LogP contribution is -2.06. The van der Waals surface area contributed by atoms with Gasteiger partial charge in [0.15, 0.2) is 0 Å². The van der Waals surface area contributed by atoms with Crippen molar-refractivity contribution >= 4 is 16.5 Å². The molecule has 3 nitrogen and oxygen atoms in total. The summed E-state index contributed by atoms with van der Waals surface area (Å²) >= 11 is 1.66. The monoisotopic (exact) mass is 289 g/mol. The maximum absolute atomic E-state index is 4.24. The summed E-state index contributed by atoms with van der Waals surface area (Å²) in [4.78, 5) is 0. The van der Waals surface area contributed by atoms with E-state index in [2.05, 4.69) is 67.5 Å². The quantitative estimate of drug-likeness (QED) is 0.852. The topological polar surface area (TPSA) is 37.8 Å². The summed E-state index contributed by atoms with van der Waals surface area (Å²) < 4.78 is 0. The van der Waals surface area contributed by atoms with Crippen LogP contribution < -0.4 is 5.32 Å². The summed E-state index contributed by atoms with van der Waals surface area (Å²) in [5.41, 5.74) is 2.65. The maximum atomic E-state index is 4.24. The molecule has 0 saturated carbocycles. The second-order valence-corrected chi connectivity index (χ2v) is 6.62. The molecule has 0 saturated heterocycles. The minimum atomic E-state index is 0.251. The van der Waals surface area contributed by atoms with Gasteiger partial charge in [0.25, 0.3) is 0 Å². The molecular formula is C16H23N3S. The molecule has 1 unspecified atom stereocenters. The Kier molecular flexibility index (Phi) is 5.12. The molecule has 0 amide bonds. The molecule has 2 rings (SSSR count). The van der Waals surface area contributed by atoms with Gasteiger partial charge in [-0.2, -0.15) is 0 Å². The number of nitrogens with one attached hydrogen (secondary N) is 1. The van der Waals surface area contributed by atoms with Gasteiger partial charge in [-0.05, 0) is 30.4 Å². The van der Waals surface area contributed by atoms with Crippen LogP contribution in [-0.2, 0) is 12.8 Å². The largest absolute Gasteiger partial charge is 0.354 e. The summed E-state index contributed by atoms with van der Waals surface area (Å²) in [6, 6.07) is 9.01. The highest BCUT2D eigenvalue weighted by molar-refractivity contribution is 7.15. The second-order valence-electron chi connectivity index (χ2n) is 5.56. The molecule has 0 radical (unpaired) electrons. The van der Waals surface area contributed by atoms with Crippen LogP contribution in [0.25, 0.3) is 0 Å². The third-order valence-electron chi connectivity index (χ3n) is 3.28. The molecule has 0 spiro atoms. The minimum Gasteiger partial charge on any atom is -0.354 e. The first kappa shape index (κ1) is 15.0. The van der Waals surface area contributed by atoms with E-state index in [9.17, 15) is 0 Å². The van der Waals surface area contributed by atoms with E-state index in [1.807, 2.05) is 0 Å². The number of hydrogen-bond donors (Lipinski definition) is 1. The summed E-state index contributed by atoms with van der Waals surface area (Å²) in [6.07, 6.45) is 2.08. The fourth-order valence-electron chi connectivity index (χ4n) is 2.05. The van der Waals surface area contributed by atoms with Crippen LogP contribution >= 0.6 is 11.3 Å². The molecule has 0 aliphatic carbocycles. The van der Waals surface area contributed by atoms with Crippen LogP contribution in [-0.4, -0.2) is 10.2 Å². The van der Waals surface area contributed by atoms with Gasteiger partial charge in [0.2, 0.25) is 5.13 Å². The number of benzene rings is 1. The van der Waals surface area contributed by atoms with E-state index < -0.39 is 0 Å². The first-order chi connectivity index (χ1) is 9.58. The van der Waals surface area contributed by atoms with Gasteiger partial charge in [0.05, 0.1) is 6.04 Å². The first-order valence-corrected chi connectivity index (χ1v) is 8.08. The molecule has 20 heavy (non-hydrogen) atoms. The van der Waals surface area contributed by atoms with Crippen molar-refractivity contribution in [3.63, 3.8) is 0 Å². The van der Waals surface area contributed by atoms with Crippen LogP contribution in [0.15, 0.2) is 24.3 Å². The second kappa shape index (κ2) is 6.84. The summed E-state index contributed by atoms with van der Waals surface area (Å²) in [5.74, 6) is 0.620. The molecule has 1 aromatic heterocycles. The van der Waals surface area contributed by atoms with Crippen molar-refractivity contribution in [3.8, 4) is 0 Å². The molecule has 0 bridgehead atoms. The molecule has 1 heterocycles. The van der Waals surface area contributed by atoms with Crippen molar-refractivity contribution < 1.29 is 0 Å². The van der Waals surface area contributed by atoms with Crippen LogP contribution in [0.2, 0.25) is 0 Å². The smallest absolute Gasteiger partial charge is 0.206 e. The summed E-state index contributed by atoms with van der Waals surface area (Å²) in [7, 11) is 0. The highest BCUT2D eigenvalue weighted by atomic mass is 32.1. The molecule has 0 aliphatic rings. The predicted molar refractivity (Wildman–Crippen MR) is 86.3 cm³/mol. The van der Waals surface area contributed by atoms with Crippen molar-refractivity contribution in [2.45, 2.75) is 46.6 Å². The average Bonchev–Trinajstić information content (AvgIpc) is 2.85. The molecule has 0 fully saturated rings. The van der Waals surface area contributed by atoms with E-state index in [0.29, 0.717) is 5.92 Å². The Morgan fingerprint density at radius 3 is 2.40 bits per heavy atom. The van der Waals surface area contributed by atoms with Gasteiger partial charge in [0.1, 0.15) is 5.01 Å². The lowest BCUT2D eigenvalue weighted by atomic mass is 10.1.